The maximum atomic E-state index is 12.1. The van der Waals surface area contributed by atoms with Crippen LogP contribution in [0.25, 0.3) is 22.0 Å². The number of carbonyl (C=O) groups is 1. The van der Waals surface area contributed by atoms with Crippen molar-refractivity contribution in [1.82, 2.24) is 4.98 Å². The van der Waals surface area contributed by atoms with Crippen molar-refractivity contribution in [2.45, 2.75) is 13.8 Å². The monoisotopic (exact) mass is 291 g/mol. The van der Waals surface area contributed by atoms with Crippen molar-refractivity contribution in [3.63, 3.8) is 0 Å². The van der Waals surface area contributed by atoms with Gasteiger partial charge in [0.15, 0.2) is 0 Å². The first-order valence-corrected chi connectivity index (χ1v) is 7.33. The van der Waals surface area contributed by atoms with E-state index in [1.807, 2.05) is 68.4 Å². The van der Waals surface area contributed by atoms with Gasteiger partial charge in [-0.3, -0.25) is 4.98 Å². The average molecular weight is 291 g/mol. The number of nitrogens with zero attached hydrogens (tertiary/aromatic N) is 1. The summed E-state index contributed by atoms with van der Waals surface area (Å²) in [6.07, 6.45) is 0. The number of aromatic nitrogens is 1. The fraction of sp³-hybridized carbons (Fsp3) is 0.158. The summed E-state index contributed by atoms with van der Waals surface area (Å²) in [6, 6.07) is 17.6. The number of pyridine rings is 1. The number of ether oxygens (including phenoxy) is 1. The zero-order chi connectivity index (χ0) is 15.5. The average Bonchev–Trinajstić information content (AvgIpc) is 2.54. The predicted octanol–water partition coefficient (Wildman–Crippen LogP) is 4.39. The van der Waals surface area contributed by atoms with E-state index in [1.54, 1.807) is 0 Å². The molecule has 0 spiro atoms. The molecule has 0 saturated heterocycles. The summed E-state index contributed by atoms with van der Waals surface area (Å²) in [6.45, 7) is 4.15. The molecule has 2 aromatic carbocycles. The Bertz CT molecular complexity index is 840. The molecular weight excluding hydrogens is 274 g/mol. The summed E-state index contributed by atoms with van der Waals surface area (Å²) in [5.41, 5.74) is 3.49. The lowest BCUT2D eigenvalue weighted by atomic mass is 9.97. The van der Waals surface area contributed by atoms with Crippen LogP contribution in [-0.2, 0) is 4.74 Å². The molecule has 0 radical (unpaired) electrons. The molecule has 0 saturated carbocycles. The molecule has 0 aliphatic rings. The second kappa shape index (κ2) is 5.98. The third-order valence-corrected chi connectivity index (χ3v) is 3.58. The van der Waals surface area contributed by atoms with E-state index < -0.39 is 0 Å². The third-order valence-electron chi connectivity index (χ3n) is 3.58. The van der Waals surface area contributed by atoms with Gasteiger partial charge in [0, 0.05) is 11.3 Å². The highest BCUT2D eigenvalue weighted by Gasteiger charge is 2.14. The molecule has 0 unspecified atom stereocenters. The van der Waals surface area contributed by atoms with Crippen molar-refractivity contribution >= 4 is 16.7 Å². The Labute approximate surface area is 129 Å². The van der Waals surface area contributed by atoms with E-state index in [0.717, 1.165) is 27.7 Å². The van der Waals surface area contributed by atoms with E-state index in [0.29, 0.717) is 12.2 Å². The van der Waals surface area contributed by atoms with E-state index in [1.165, 1.54) is 0 Å². The Balaban J connectivity index is 2.22. The highest BCUT2D eigenvalue weighted by Crippen LogP contribution is 2.30. The number of hydrogen-bond acceptors (Lipinski definition) is 3. The molecule has 0 fully saturated rings. The molecule has 0 N–H and O–H groups in total. The smallest absolute Gasteiger partial charge is 0.338 e. The van der Waals surface area contributed by atoms with Gasteiger partial charge in [-0.25, -0.2) is 4.79 Å². The zero-order valence-corrected chi connectivity index (χ0v) is 12.7. The zero-order valence-electron chi connectivity index (χ0n) is 12.7. The van der Waals surface area contributed by atoms with E-state index >= 15 is 0 Å². The second-order valence-electron chi connectivity index (χ2n) is 5.09. The van der Waals surface area contributed by atoms with E-state index in [2.05, 4.69) is 4.98 Å². The van der Waals surface area contributed by atoms with Crippen molar-refractivity contribution in [1.29, 1.82) is 0 Å². The topological polar surface area (TPSA) is 39.2 Å². The van der Waals surface area contributed by atoms with Crippen LogP contribution in [-0.4, -0.2) is 17.6 Å². The largest absolute Gasteiger partial charge is 0.462 e. The van der Waals surface area contributed by atoms with E-state index in [9.17, 15) is 4.79 Å². The van der Waals surface area contributed by atoms with Gasteiger partial charge in [0.25, 0.3) is 0 Å². The molecule has 3 nitrogen and oxygen atoms in total. The minimum atomic E-state index is -0.289. The van der Waals surface area contributed by atoms with Gasteiger partial charge in [0.05, 0.1) is 17.9 Å². The van der Waals surface area contributed by atoms with Crippen molar-refractivity contribution in [3.05, 3.63) is 65.9 Å². The Kier molecular flexibility index (Phi) is 3.88. The first-order valence-electron chi connectivity index (χ1n) is 7.33. The van der Waals surface area contributed by atoms with Crippen molar-refractivity contribution in [3.8, 4) is 11.3 Å². The van der Waals surface area contributed by atoms with Crippen LogP contribution in [0.15, 0.2) is 54.6 Å². The quantitative estimate of drug-likeness (QED) is 0.672. The Morgan fingerprint density at radius 1 is 1.00 bits per heavy atom. The number of benzene rings is 2. The first kappa shape index (κ1) is 14.3. The molecule has 1 aromatic heterocycles. The molecule has 110 valence electrons. The number of aryl methyl sites for hydroxylation is 1. The molecule has 3 heteroatoms. The van der Waals surface area contributed by atoms with Gasteiger partial charge in [0.2, 0.25) is 0 Å². The molecule has 0 aliphatic heterocycles. The van der Waals surface area contributed by atoms with Crippen molar-refractivity contribution < 1.29 is 9.53 Å². The summed E-state index contributed by atoms with van der Waals surface area (Å²) in [5.74, 6) is -0.289. The Morgan fingerprint density at radius 2 is 1.77 bits per heavy atom. The van der Waals surface area contributed by atoms with Gasteiger partial charge >= 0.3 is 5.97 Å². The van der Waals surface area contributed by atoms with Gasteiger partial charge in [-0.05, 0) is 42.8 Å². The molecule has 0 atom stereocenters. The Hall–Kier alpha value is -2.68. The summed E-state index contributed by atoms with van der Waals surface area (Å²) in [5, 5.41) is 1.90. The lowest BCUT2D eigenvalue weighted by molar-refractivity contribution is 0.0528. The van der Waals surface area contributed by atoms with Crippen LogP contribution in [0.3, 0.4) is 0 Å². The van der Waals surface area contributed by atoms with Crippen LogP contribution < -0.4 is 0 Å². The maximum Gasteiger partial charge on any atom is 0.338 e. The SMILES string of the molecule is CCOC(=O)c1ccc(-c2cccc(C)n2)c2ccccc12. The maximum absolute atomic E-state index is 12.1. The Morgan fingerprint density at radius 3 is 2.50 bits per heavy atom. The minimum absolute atomic E-state index is 0.289. The van der Waals surface area contributed by atoms with Gasteiger partial charge in [0.1, 0.15) is 0 Å². The van der Waals surface area contributed by atoms with Crippen LogP contribution >= 0.6 is 0 Å². The summed E-state index contributed by atoms with van der Waals surface area (Å²) < 4.78 is 5.15. The van der Waals surface area contributed by atoms with Crippen molar-refractivity contribution in [2.24, 2.45) is 0 Å². The van der Waals surface area contributed by atoms with Gasteiger partial charge in [-0.2, -0.15) is 0 Å². The molecule has 22 heavy (non-hydrogen) atoms. The van der Waals surface area contributed by atoms with Crippen LogP contribution in [0.4, 0.5) is 0 Å². The van der Waals surface area contributed by atoms with Crippen LogP contribution in [0.5, 0.6) is 0 Å². The molecule has 0 bridgehead atoms. The molecule has 1 heterocycles. The second-order valence-corrected chi connectivity index (χ2v) is 5.09. The standard InChI is InChI=1S/C19H17NO2/c1-3-22-19(21)17-12-11-16(14-8-4-5-9-15(14)17)18-10-6-7-13(2)20-18/h4-12H,3H2,1-2H3. The van der Waals surface area contributed by atoms with Gasteiger partial charge < -0.3 is 4.74 Å². The lowest BCUT2D eigenvalue weighted by Crippen LogP contribution is -2.05. The fourth-order valence-electron chi connectivity index (χ4n) is 2.60. The molecule has 3 rings (SSSR count). The summed E-state index contributed by atoms with van der Waals surface area (Å²) >= 11 is 0. The van der Waals surface area contributed by atoms with Crippen LogP contribution in [0, 0.1) is 6.92 Å². The molecule has 3 aromatic rings. The number of esters is 1. The first-order chi connectivity index (χ1) is 10.7. The summed E-state index contributed by atoms with van der Waals surface area (Å²) in [7, 11) is 0. The van der Waals surface area contributed by atoms with Gasteiger partial charge in [-0.1, -0.05) is 36.4 Å². The van der Waals surface area contributed by atoms with E-state index in [4.69, 9.17) is 4.74 Å². The predicted molar refractivity (Wildman–Crippen MR) is 87.9 cm³/mol. The molecule has 0 amide bonds. The number of fused-ring (bicyclic) bond motifs is 1. The summed E-state index contributed by atoms with van der Waals surface area (Å²) in [4.78, 5) is 16.7. The fourth-order valence-corrected chi connectivity index (χ4v) is 2.60. The van der Waals surface area contributed by atoms with E-state index in [-0.39, 0.29) is 5.97 Å². The number of hydrogen-bond donors (Lipinski definition) is 0. The lowest BCUT2D eigenvalue weighted by Gasteiger charge is -2.11. The number of rotatable bonds is 3. The highest BCUT2D eigenvalue weighted by molar-refractivity contribution is 6.08. The molecular formula is C19H17NO2. The molecule has 0 aliphatic carbocycles. The van der Waals surface area contributed by atoms with Gasteiger partial charge in [-0.15, -0.1) is 0 Å². The third kappa shape index (κ3) is 2.58. The van der Waals surface area contributed by atoms with Crippen LogP contribution in [0.2, 0.25) is 0 Å². The normalized spacial score (nSPS) is 10.6. The highest BCUT2D eigenvalue weighted by atomic mass is 16.5. The van der Waals surface area contributed by atoms with Crippen molar-refractivity contribution in [2.75, 3.05) is 6.61 Å². The van der Waals surface area contributed by atoms with Crippen LogP contribution in [0.1, 0.15) is 23.0 Å². The number of carbonyl (C=O) groups excluding carboxylic acids is 1. The minimum Gasteiger partial charge on any atom is -0.462 e.